The molecule has 0 unspecified atom stereocenters. The van der Waals surface area contributed by atoms with Gasteiger partial charge in [-0.15, -0.1) is 6.42 Å². The van der Waals surface area contributed by atoms with Gasteiger partial charge in [-0.3, -0.25) is 0 Å². The zero-order valence-electron chi connectivity index (χ0n) is 6.76. The normalized spacial score (nSPS) is 7.45. The molecule has 58 valence electrons. The second kappa shape index (κ2) is 6.00. The van der Waals surface area contributed by atoms with Crippen molar-refractivity contribution in [3.05, 3.63) is 34.3 Å². The lowest BCUT2D eigenvalue weighted by atomic mass is 10.2. The summed E-state index contributed by atoms with van der Waals surface area (Å²) in [6.07, 6.45) is 5.15. The molecule has 0 nitrogen and oxygen atoms in total. The molecule has 1 aromatic carbocycles. The average Bonchev–Trinajstić information content (AvgIpc) is 2.08. The Morgan fingerprint density at radius 2 is 2.00 bits per heavy atom. The Morgan fingerprint density at radius 3 is 2.36 bits per heavy atom. The Hall–Kier alpha value is -0.740. The third kappa shape index (κ3) is 3.85. The summed E-state index contributed by atoms with van der Waals surface area (Å²) >= 11 is 3.31. The summed E-state index contributed by atoms with van der Waals surface area (Å²) < 4.78 is 1.03. The lowest BCUT2D eigenvalue weighted by Gasteiger charge is -1.88. The number of hydrogen-bond donors (Lipinski definition) is 0. The summed E-state index contributed by atoms with van der Waals surface area (Å²) in [4.78, 5) is 0. The van der Waals surface area contributed by atoms with Crippen molar-refractivity contribution >= 4 is 15.9 Å². The maximum Gasteiger partial charge on any atom is 0.0253 e. The Kier molecular flexibility index (Phi) is 5.60. The molecular formula is C10H11Br. The van der Waals surface area contributed by atoms with Gasteiger partial charge in [-0.2, -0.15) is 0 Å². The Morgan fingerprint density at radius 1 is 1.36 bits per heavy atom. The summed E-state index contributed by atoms with van der Waals surface area (Å²) in [5, 5.41) is 0. The summed E-state index contributed by atoms with van der Waals surface area (Å²) in [5.41, 5.74) is 0.907. The van der Waals surface area contributed by atoms with Gasteiger partial charge in [-0.25, -0.2) is 0 Å². The molecule has 1 aromatic rings. The van der Waals surface area contributed by atoms with E-state index in [1.165, 1.54) is 0 Å². The van der Waals surface area contributed by atoms with Gasteiger partial charge in [0, 0.05) is 10.0 Å². The number of terminal acetylenes is 1. The average molecular weight is 211 g/mol. The van der Waals surface area contributed by atoms with Crippen LogP contribution in [0.2, 0.25) is 0 Å². The van der Waals surface area contributed by atoms with Gasteiger partial charge in [0.05, 0.1) is 0 Å². The van der Waals surface area contributed by atoms with Gasteiger partial charge >= 0.3 is 0 Å². The first-order valence-electron chi connectivity index (χ1n) is 3.55. The van der Waals surface area contributed by atoms with Crippen molar-refractivity contribution in [3.63, 3.8) is 0 Å². The van der Waals surface area contributed by atoms with Gasteiger partial charge in [0.2, 0.25) is 0 Å². The SMILES string of the molecule is C#Cc1cccc(Br)c1.CC. The van der Waals surface area contributed by atoms with Crippen molar-refractivity contribution in [3.8, 4) is 12.3 Å². The van der Waals surface area contributed by atoms with Gasteiger partial charge in [-0.05, 0) is 18.2 Å². The van der Waals surface area contributed by atoms with Crippen LogP contribution in [0.4, 0.5) is 0 Å². The van der Waals surface area contributed by atoms with Crippen molar-refractivity contribution in [1.29, 1.82) is 0 Å². The van der Waals surface area contributed by atoms with E-state index in [-0.39, 0.29) is 0 Å². The molecule has 0 saturated carbocycles. The van der Waals surface area contributed by atoms with E-state index in [1.807, 2.05) is 38.1 Å². The van der Waals surface area contributed by atoms with E-state index in [9.17, 15) is 0 Å². The molecule has 0 bridgehead atoms. The second-order valence-electron chi connectivity index (χ2n) is 1.65. The molecule has 0 aliphatic rings. The minimum absolute atomic E-state index is 0.907. The smallest absolute Gasteiger partial charge is 0.0253 e. The fourth-order valence-corrected chi connectivity index (χ4v) is 0.978. The Labute approximate surface area is 76.8 Å². The lowest BCUT2D eigenvalue weighted by molar-refractivity contribution is 1.50. The van der Waals surface area contributed by atoms with E-state index in [2.05, 4.69) is 21.9 Å². The predicted octanol–water partition coefficient (Wildman–Crippen LogP) is 3.46. The van der Waals surface area contributed by atoms with Crippen molar-refractivity contribution in [1.82, 2.24) is 0 Å². The molecule has 0 fully saturated rings. The second-order valence-corrected chi connectivity index (χ2v) is 2.57. The number of hydrogen-bond acceptors (Lipinski definition) is 0. The Balaban J connectivity index is 0.000000461. The van der Waals surface area contributed by atoms with Crippen LogP contribution < -0.4 is 0 Å². The van der Waals surface area contributed by atoms with Crippen LogP contribution in [0, 0.1) is 12.3 Å². The molecule has 0 radical (unpaired) electrons. The van der Waals surface area contributed by atoms with Crippen LogP contribution in [0.1, 0.15) is 19.4 Å². The van der Waals surface area contributed by atoms with Crippen molar-refractivity contribution in [2.75, 3.05) is 0 Å². The maximum absolute atomic E-state index is 5.15. The van der Waals surface area contributed by atoms with Crippen LogP contribution in [-0.4, -0.2) is 0 Å². The molecule has 11 heavy (non-hydrogen) atoms. The molecule has 0 aliphatic heterocycles. The van der Waals surface area contributed by atoms with Gasteiger partial charge in [0.15, 0.2) is 0 Å². The van der Waals surface area contributed by atoms with E-state index in [0.29, 0.717) is 0 Å². The molecule has 0 heterocycles. The molecule has 0 amide bonds. The highest BCUT2D eigenvalue weighted by atomic mass is 79.9. The molecule has 0 spiro atoms. The number of rotatable bonds is 0. The summed E-state index contributed by atoms with van der Waals surface area (Å²) in [7, 11) is 0. The topological polar surface area (TPSA) is 0 Å². The highest BCUT2D eigenvalue weighted by Gasteiger charge is 1.85. The first-order valence-corrected chi connectivity index (χ1v) is 4.34. The van der Waals surface area contributed by atoms with Crippen LogP contribution in [0.15, 0.2) is 28.7 Å². The van der Waals surface area contributed by atoms with E-state index in [1.54, 1.807) is 0 Å². The molecule has 0 atom stereocenters. The third-order valence-corrected chi connectivity index (χ3v) is 1.48. The number of benzene rings is 1. The van der Waals surface area contributed by atoms with Crippen LogP contribution in [0.5, 0.6) is 0 Å². The molecule has 0 N–H and O–H groups in total. The first-order chi connectivity index (χ1) is 5.33. The van der Waals surface area contributed by atoms with Crippen LogP contribution in [0.25, 0.3) is 0 Å². The molecular weight excluding hydrogens is 200 g/mol. The van der Waals surface area contributed by atoms with E-state index in [0.717, 1.165) is 10.0 Å². The maximum atomic E-state index is 5.15. The van der Waals surface area contributed by atoms with Crippen LogP contribution in [0.3, 0.4) is 0 Å². The van der Waals surface area contributed by atoms with E-state index in [4.69, 9.17) is 6.42 Å². The summed E-state index contributed by atoms with van der Waals surface area (Å²) in [6, 6.07) is 7.66. The van der Waals surface area contributed by atoms with Gasteiger partial charge in [0.1, 0.15) is 0 Å². The third-order valence-electron chi connectivity index (χ3n) is 0.991. The molecule has 0 saturated heterocycles. The standard InChI is InChI=1S/C8H5Br.C2H6/c1-2-7-4-3-5-8(9)6-7;1-2/h1,3-6H;1-2H3. The summed E-state index contributed by atoms with van der Waals surface area (Å²) in [6.45, 7) is 4.00. The van der Waals surface area contributed by atoms with Crippen molar-refractivity contribution in [2.24, 2.45) is 0 Å². The van der Waals surface area contributed by atoms with E-state index < -0.39 is 0 Å². The van der Waals surface area contributed by atoms with Crippen LogP contribution >= 0.6 is 15.9 Å². The number of halogens is 1. The zero-order valence-corrected chi connectivity index (χ0v) is 8.35. The predicted molar refractivity (Wildman–Crippen MR) is 53.4 cm³/mol. The quantitative estimate of drug-likeness (QED) is 0.576. The van der Waals surface area contributed by atoms with Crippen molar-refractivity contribution < 1.29 is 0 Å². The highest BCUT2D eigenvalue weighted by Crippen LogP contribution is 2.09. The summed E-state index contributed by atoms with van der Waals surface area (Å²) in [5.74, 6) is 2.54. The molecule has 0 aromatic heterocycles. The van der Waals surface area contributed by atoms with Gasteiger partial charge in [0.25, 0.3) is 0 Å². The Bertz CT molecular complexity index is 245. The molecule has 1 rings (SSSR count). The minimum atomic E-state index is 0.907. The highest BCUT2D eigenvalue weighted by molar-refractivity contribution is 9.10. The fraction of sp³-hybridized carbons (Fsp3) is 0.200. The first kappa shape index (κ1) is 10.3. The van der Waals surface area contributed by atoms with Crippen molar-refractivity contribution in [2.45, 2.75) is 13.8 Å². The monoisotopic (exact) mass is 210 g/mol. The zero-order chi connectivity index (χ0) is 8.69. The van der Waals surface area contributed by atoms with Gasteiger partial charge in [-0.1, -0.05) is 41.8 Å². The minimum Gasteiger partial charge on any atom is -0.115 e. The molecule has 1 heteroatoms. The largest absolute Gasteiger partial charge is 0.115 e. The van der Waals surface area contributed by atoms with Gasteiger partial charge < -0.3 is 0 Å². The molecule has 0 aliphatic carbocycles. The van der Waals surface area contributed by atoms with Crippen LogP contribution in [-0.2, 0) is 0 Å². The van der Waals surface area contributed by atoms with E-state index >= 15 is 0 Å². The lowest BCUT2D eigenvalue weighted by Crippen LogP contribution is -1.70. The fourth-order valence-electron chi connectivity index (χ4n) is 0.578.